The molecule has 0 unspecified atom stereocenters. The molecule has 2 nitrogen and oxygen atoms in total. The highest BCUT2D eigenvalue weighted by Gasteiger charge is 2.30. The van der Waals surface area contributed by atoms with E-state index < -0.39 is 0 Å². The van der Waals surface area contributed by atoms with Crippen LogP contribution in [0.25, 0.3) is 0 Å². The molecule has 0 heterocycles. The van der Waals surface area contributed by atoms with Gasteiger partial charge in [0.25, 0.3) is 0 Å². The zero-order valence-corrected chi connectivity index (χ0v) is 8.78. The number of hydrogen-bond donors (Lipinski definition) is 0. The van der Waals surface area contributed by atoms with Crippen molar-refractivity contribution in [2.24, 2.45) is 5.92 Å². The van der Waals surface area contributed by atoms with E-state index in [0.717, 1.165) is 0 Å². The van der Waals surface area contributed by atoms with Gasteiger partial charge >= 0.3 is 0 Å². The molecule has 2 aliphatic rings. The molecule has 0 N–H and O–H groups in total. The molecule has 0 amide bonds. The maximum absolute atomic E-state index is 11.7. The Hall–Kier alpha value is -1.70. The van der Waals surface area contributed by atoms with Gasteiger partial charge in [-0.3, -0.25) is 9.59 Å². The fourth-order valence-electron chi connectivity index (χ4n) is 1.75. The summed E-state index contributed by atoms with van der Waals surface area (Å²) in [4.78, 5) is 23.4. The molecule has 2 rings (SSSR count). The lowest BCUT2D eigenvalue weighted by Gasteiger charge is -1.99. The number of rotatable bonds is 1. The quantitative estimate of drug-likeness (QED) is 0.480. The lowest BCUT2D eigenvalue weighted by Crippen LogP contribution is -2.05. The molecule has 0 atom stereocenters. The second-order valence-corrected chi connectivity index (χ2v) is 3.84. The number of Topliss-reactive ketones (excluding diaryl/α,β-unsaturated/α-hetero) is 2. The molecule has 0 bridgehead atoms. The van der Waals surface area contributed by atoms with Crippen LogP contribution in [0.3, 0.4) is 0 Å². The molecule has 0 saturated heterocycles. The zero-order valence-electron chi connectivity index (χ0n) is 8.78. The fourth-order valence-corrected chi connectivity index (χ4v) is 1.75. The topological polar surface area (TPSA) is 34.1 Å². The number of ketones is 2. The molecule has 0 radical (unpaired) electrons. The van der Waals surface area contributed by atoms with Crippen LogP contribution in [0.2, 0.25) is 0 Å². The molecular weight excluding hydrogens is 188 g/mol. The zero-order chi connectivity index (χ0) is 11.0. The summed E-state index contributed by atoms with van der Waals surface area (Å²) in [6.07, 6.45) is 9.48. The summed E-state index contributed by atoms with van der Waals surface area (Å²) in [5, 5.41) is 0. The molecular formula is C13H12O2. The third-order valence-electron chi connectivity index (χ3n) is 2.87. The molecule has 0 saturated carbocycles. The Kier molecular flexibility index (Phi) is 2.27. The van der Waals surface area contributed by atoms with E-state index in [1.165, 1.54) is 0 Å². The Morgan fingerprint density at radius 1 is 1.00 bits per heavy atom. The van der Waals surface area contributed by atoms with E-state index in [0.29, 0.717) is 16.7 Å². The van der Waals surface area contributed by atoms with E-state index in [9.17, 15) is 9.59 Å². The molecule has 0 aromatic heterocycles. The first-order chi connectivity index (χ1) is 7.11. The van der Waals surface area contributed by atoms with Crippen LogP contribution in [0.4, 0.5) is 0 Å². The van der Waals surface area contributed by atoms with Gasteiger partial charge in [-0.05, 0) is 13.8 Å². The highest BCUT2D eigenvalue weighted by molar-refractivity contribution is 6.37. The van der Waals surface area contributed by atoms with Gasteiger partial charge in [0.05, 0.1) is 5.57 Å². The van der Waals surface area contributed by atoms with Crippen molar-refractivity contribution in [2.45, 2.75) is 13.8 Å². The van der Waals surface area contributed by atoms with Crippen LogP contribution >= 0.6 is 0 Å². The summed E-state index contributed by atoms with van der Waals surface area (Å²) in [5.74, 6) is -0.149. The van der Waals surface area contributed by atoms with Crippen molar-refractivity contribution < 1.29 is 9.59 Å². The normalized spacial score (nSPS) is 21.1. The van der Waals surface area contributed by atoms with Crippen molar-refractivity contribution in [1.29, 1.82) is 0 Å². The third-order valence-corrected chi connectivity index (χ3v) is 2.87. The predicted octanol–water partition coefficient (Wildman–Crippen LogP) is 2.14. The van der Waals surface area contributed by atoms with E-state index >= 15 is 0 Å². The van der Waals surface area contributed by atoms with E-state index in [2.05, 4.69) is 0 Å². The lowest BCUT2D eigenvalue weighted by atomic mass is 10.0. The molecule has 0 aromatic rings. The van der Waals surface area contributed by atoms with Crippen molar-refractivity contribution in [3.8, 4) is 0 Å². The second-order valence-electron chi connectivity index (χ2n) is 3.84. The van der Waals surface area contributed by atoms with E-state index in [4.69, 9.17) is 0 Å². The minimum atomic E-state index is -0.119. The molecule has 0 spiro atoms. The Morgan fingerprint density at radius 3 is 1.93 bits per heavy atom. The first-order valence-electron chi connectivity index (χ1n) is 4.95. The molecule has 15 heavy (non-hydrogen) atoms. The van der Waals surface area contributed by atoms with Gasteiger partial charge in [-0.2, -0.15) is 0 Å². The molecule has 2 heteroatoms. The van der Waals surface area contributed by atoms with Crippen LogP contribution < -0.4 is 0 Å². The van der Waals surface area contributed by atoms with Crippen LogP contribution in [-0.2, 0) is 9.59 Å². The van der Waals surface area contributed by atoms with Crippen LogP contribution in [-0.4, -0.2) is 11.6 Å². The molecule has 2 aliphatic carbocycles. The van der Waals surface area contributed by atoms with Crippen LogP contribution in [0.15, 0.2) is 47.1 Å². The summed E-state index contributed by atoms with van der Waals surface area (Å²) in [7, 11) is 0. The fraction of sp³-hybridized carbons (Fsp3) is 0.231. The first-order valence-corrected chi connectivity index (χ1v) is 4.95. The van der Waals surface area contributed by atoms with E-state index in [1.807, 2.05) is 24.3 Å². The largest absolute Gasteiger partial charge is 0.289 e. The van der Waals surface area contributed by atoms with Crippen LogP contribution in [0.5, 0.6) is 0 Å². The van der Waals surface area contributed by atoms with Crippen LogP contribution in [0, 0.1) is 5.92 Å². The maximum atomic E-state index is 11.7. The lowest BCUT2D eigenvalue weighted by molar-refractivity contribution is -0.116. The minimum Gasteiger partial charge on any atom is -0.289 e. The molecule has 0 aromatic carbocycles. The summed E-state index contributed by atoms with van der Waals surface area (Å²) >= 11 is 0. The van der Waals surface area contributed by atoms with Gasteiger partial charge in [0.2, 0.25) is 0 Å². The van der Waals surface area contributed by atoms with E-state index in [-0.39, 0.29) is 17.5 Å². The van der Waals surface area contributed by atoms with Gasteiger partial charge in [0.15, 0.2) is 11.6 Å². The predicted molar refractivity (Wildman–Crippen MR) is 58.2 cm³/mol. The number of carbonyl (C=O) groups excluding carboxylic acids is 2. The van der Waals surface area contributed by atoms with Gasteiger partial charge in [-0.15, -0.1) is 0 Å². The first kappa shape index (κ1) is 9.84. The van der Waals surface area contributed by atoms with Crippen molar-refractivity contribution >= 4 is 11.6 Å². The third kappa shape index (κ3) is 1.52. The van der Waals surface area contributed by atoms with Gasteiger partial charge in [-0.25, -0.2) is 0 Å². The van der Waals surface area contributed by atoms with Crippen molar-refractivity contribution in [3.05, 3.63) is 47.1 Å². The Bertz CT molecular complexity index is 421. The minimum absolute atomic E-state index is 0.0894. The van der Waals surface area contributed by atoms with Gasteiger partial charge < -0.3 is 0 Å². The summed E-state index contributed by atoms with van der Waals surface area (Å²) in [6, 6.07) is 0. The SMILES string of the molecule is CC1=C(C)C(=O)C(=CC2C=CC=C2)C1=O. The van der Waals surface area contributed by atoms with Gasteiger partial charge in [-0.1, -0.05) is 30.4 Å². The van der Waals surface area contributed by atoms with E-state index in [1.54, 1.807) is 19.9 Å². The van der Waals surface area contributed by atoms with Crippen molar-refractivity contribution in [1.82, 2.24) is 0 Å². The highest BCUT2D eigenvalue weighted by Crippen LogP contribution is 2.26. The molecule has 76 valence electrons. The Balaban J connectivity index is 2.34. The average molecular weight is 200 g/mol. The van der Waals surface area contributed by atoms with Crippen LogP contribution in [0.1, 0.15) is 13.8 Å². The number of hydrogen-bond acceptors (Lipinski definition) is 2. The summed E-state index contributed by atoms with van der Waals surface area (Å²) < 4.78 is 0. The Labute approximate surface area is 88.7 Å². The smallest absolute Gasteiger partial charge is 0.192 e. The molecule has 0 fully saturated rings. The van der Waals surface area contributed by atoms with Gasteiger partial charge in [0, 0.05) is 17.1 Å². The highest BCUT2D eigenvalue weighted by atomic mass is 16.2. The van der Waals surface area contributed by atoms with Crippen molar-refractivity contribution in [3.63, 3.8) is 0 Å². The standard InChI is InChI=1S/C13H12O2/c1-8-9(2)13(15)11(12(8)14)7-10-5-3-4-6-10/h3-7,10H,1-2H3. The van der Waals surface area contributed by atoms with Gasteiger partial charge in [0.1, 0.15) is 0 Å². The molecule has 0 aliphatic heterocycles. The monoisotopic (exact) mass is 200 g/mol. The maximum Gasteiger partial charge on any atom is 0.192 e. The summed E-state index contributed by atoms with van der Waals surface area (Å²) in [6.45, 7) is 3.41. The average Bonchev–Trinajstić information content (AvgIpc) is 2.79. The van der Waals surface area contributed by atoms with Crippen molar-refractivity contribution in [2.75, 3.05) is 0 Å². The second kappa shape index (κ2) is 3.46. The Morgan fingerprint density at radius 2 is 1.47 bits per heavy atom. The summed E-state index contributed by atoms with van der Waals surface area (Å²) in [5.41, 5.74) is 1.49. The number of carbonyl (C=O) groups is 2. The number of allylic oxidation sites excluding steroid dienone is 8.